The van der Waals surface area contributed by atoms with Crippen molar-refractivity contribution >= 4 is 17.9 Å². The summed E-state index contributed by atoms with van der Waals surface area (Å²) < 4.78 is 0. The molecule has 1 atom stereocenters. The molecule has 108 valence electrons. The number of likely N-dealkylation sites (tertiary alicyclic amines) is 1. The number of carbonyl (C=O) groups is 3. The minimum absolute atomic E-state index is 0.0539. The van der Waals surface area contributed by atoms with Crippen LogP contribution in [0, 0.1) is 0 Å². The molecule has 0 bridgehead atoms. The highest BCUT2D eigenvalue weighted by atomic mass is 16.4. The van der Waals surface area contributed by atoms with E-state index >= 15 is 0 Å². The van der Waals surface area contributed by atoms with Crippen molar-refractivity contribution in [2.75, 3.05) is 26.7 Å². The van der Waals surface area contributed by atoms with Crippen LogP contribution >= 0.6 is 0 Å². The Morgan fingerprint density at radius 3 is 2.68 bits per heavy atom. The molecule has 0 aromatic rings. The molecule has 1 saturated heterocycles. The first kappa shape index (κ1) is 15.3. The third-order valence-electron chi connectivity index (χ3n) is 3.06. The Bertz CT molecular complexity index is 359. The van der Waals surface area contributed by atoms with E-state index in [9.17, 15) is 14.4 Å². The number of carboxylic acids is 1. The van der Waals surface area contributed by atoms with E-state index in [-0.39, 0.29) is 12.5 Å². The molecular formula is C12H21N3O4. The van der Waals surface area contributed by atoms with E-state index in [1.54, 1.807) is 0 Å². The number of aliphatic carboxylic acids is 1. The molecule has 1 fully saturated rings. The maximum Gasteiger partial charge on any atom is 0.326 e. The zero-order chi connectivity index (χ0) is 14.4. The van der Waals surface area contributed by atoms with Gasteiger partial charge in [-0.15, -0.1) is 0 Å². The average Bonchev–Trinajstić information content (AvgIpc) is 2.84. The SMILES string of the molecule is CCCNC(=O)CN(C)C(=O)N1CCC[C@@H]1C(=O)O. The maximum absolute atomic E-state index is 12.1. The molecule has 3 amide bonds. The van der Waals surface area contributed by atoms with Gasteiger partial charge in [0.25, 0.3) is 0 Å². The minimum Gasteiger partial charge on any atom is -0.480 e. The van der Waals surface area contributed by atoms with Crippen LogP contribution in [-0.4, -0.2) is 65.5 Å². The van der Waals surface area contributed by atoms with Gasteiger partial charge in [-0.05, 0) is 19.3 Å². The number of rotatable bonds is 5. The van der Waals surface area contributed by atoms with Gasteiger partial charge in [0, 0.05) is 20.1 Å². The fourth-order valence-electron chi connectivity index (χ4n) is 2.08. The van der Waals surface area contributed by atoms with Crippen molar-refractivity contribution in [2.24, 2.45) is 0 Å². The monoisotopic (exact) mass is 271 g/mol. The summed E-state index contributed by atoms with van der Waals surface area (Å²) in [6, 6.07) is -1.18. The quantitative estimate of drug-likeness (QED) is 0.743. The van der Waals surface area contributed by atoms with E-state index in [0.717, 1.165) is 6.42 Å². The lowest BCUT2D eigenvalue weighted by Gasteiger charge is -2.27. The van der Waals surface area contributed by atoms with Gasteiger partial charge in [-0.25, -0.2) is 9.59 Å². The first-order valence-electron chi connectivity index (χ1n) is 6.48. The Labute approximate surface area is 112 Å². The van der Waals surface area contributed by atoms with Crippen molar-refractivity contribution in [3.8, 4) is 0 Å². The smallest absolute Gasteiger partial charge is 0.326 e. The lowest BCUT2D eigenvalue weighted by Crippen LogP contribution is -2.49. The fraction of sp³-hybridized carbons (Fsp3) is 0.750. The summed E-state index contributed by atoms with van der Waals surface area (Å²) in [6.45, 7) is 2.89. The number of hydrogen-bond donors (Lipinski definition) is 2. The molecule has 1 heterocycles. The summed E-state index contributed by atoms with van der Waals surface area (Å²) in [5, 5.41) is 11.7. The number of amides is 3. The zero-order valence-electron chi connectivity index (χ0n) is 11.4. The van der Waals surface area contributed by atoms with Gasteiger partial charge in [0.05, 0.1) is 0 Å². The topological polar surface area (TPSA) is 90.0 Å². The summed E-state index contributed by atoms with van der Waals surface area (Å²) >= 11 is 0. The number of nitrogens with one attached hydrogen (secondary N) is 1. The summed E-state index contributed by atoms with van der Waals surface area (Å²) in [4.78, 5) is 37.2. The number of likely N-dealkylation sites (N-methyl/N-ethyl adjacent to an activating group) is 1. The molecule has 0 aliphatic carbocycles. The van der Waals surface area contributed by atoms with Crippen LogP contribution in [0.15, 0.2) is 0 Å². The molecule has 0 saturated carbocycles. The molecule has 7 nitrogen and oxygen atoms in total. The average molecular weight is 271 g/mol. The predicted molar refractivity (Wildman–Crippen MR) is 68.7 cm³/mol. The van der Waals surface area contributed by atoms with Gasteiger partial charge in [-0.2, -0.15) is 0 Å². The van der Waals surface area contributed by atoms with Gasteiger partial charge >= 0.3 is 12.0 Å². The molecule has 0 spiro atoms. The molecule has 1 rings (SSSR count). The summed E-state index contributed by atoms with van der Waals surface area (Å²) in [5.41, 5.74) is 0. The van der Waals surface area contributed by atoms with E-state index in [1.165, 1.54) is 16.8 Å². The largest absolute Gasteiger partial charge is 0.480 e. The molecule has 1 aliphatic rings. The van der Waals surface area contributed by atoms with Crippen molar-refractivity contribution in [1.82, 2.24) is 15.1 Å². The second-order valence-corrected chi connectivity index (χ2v) is 4.68. The van der Waals surface area contributed by atoms with Crippen LogP contribution in [0.3, 0.4) is 0 Å². The van der Waals surface area contributed by atoms with Gasteiger partial charge in [0.2, 0.25) is 5.91 Å². The molecule has 19 heavy (non-hydrogen) atoms. The number of carbonyl (C=O) groups excluding carboxylic acids is 2. The Kier molecular flexibility index (Phi) is 5.59. The first-order valence-corrected chi connectivity index (χ1v) is 6.48. The highest BCUT2D eigenvalue weighted by Gasteiger charge is 2.35. The van der Waals surface area contributed by atoms with Gasteiger partial charge in [0.1, 0.15) is 12.6 Å². The van der Waals surface area contributed by atoms with Crippen LogP contribution in [0.1, 0.15) is 26.2 Å². The highest BCUT2D eigenvalue weighted by Crippen LogP contribution is 2.18. The molecule has 7 heteroatoms. The lowest BCUT2D eigenvalue weighted by atomic mass is 10.2. The van der Waals surface area contributed by atoms with Crippen molar-refractivity contribution < 1.29 is 19.5 Å². The van der Waals surface area contributed by atoms with Crippen molar-refractivity contribution in [3.05, 3.63) is 0 Å². The molecule has 0 unspecified atom stereocenters. The standard InChI is InChI=1S/C12H21N3O4/c1-3-6-13-10(16)8-14(2)12(19)15-7-4-5-9(15)11(17)18/h9H,3-8H2,1-2H3,(H,13,16)(H,17,18)/t9-/m1/s1. The van der Waals surface area contributed by atoms with Crippen molar-refractivity contribution in [1.29, 1.82) is 0 Å². The van der Waals surface area contributed by atoms with E-state index in [0.29, 0.717) is 25.9 Å². The lowest BCUT2D eigenvalue weighted by molar-refractivity contribution is -0.141. The van der Waals surface area contributed by atoms with Crippen LogP contribution in [0.25, 0.3) is 0 Å². The number of hydrogen-bond acceptors (Lipinski definition) is 3. The van der Waals surface area contributed by atoms with Gasteiger partial charge in [0.15, 0.2) is 0 Å². The van der Waals surface area contributed by atoms with Gasteiger partial charge < -0.3 is 20.2 Å². The van der Waals surface area contributed by atoms with Crippen LogP contribution in [0.2, 0.25) is 0 Å². The van der Waals surface area contributed by atoms with Gasteiger partial charge in [-0.3, -0.25) is 4.79 Å². The van der Waals surface area contributed by atoms with Crippen molar-refractivity contribution in [3.63, 3.8) is 0 Å². The third kappa shape index (κ3) is 4.11. The van der Waals surface area contributed by atoms with E-state index in [2.05, 4.69) is 5.32 Å². The third-order valence-corrected chi connectivity index (χ3v) is 3.06. The summed E-state index contributed by atoms with van der Waals surface area (Å²) in [6.07, 6.45) is 1.98. The van der Waals surface area contributed by atoms with Gasteiger partial charge in [-0.1, -0.05) is 6.92 Å². The molecule has 0 radical (unpaired) electrons. The first-order chi connectivity index (χ1) is 8.97. The van der Waals surface area contributed by atoms with E-state index in [4.69, 9.17) is 5.11 Å². The van der Waals surface area contributed by atoms with Crippen LogP contribution in [-0.2, 0) is 9.59 Å². The number of urea groups is 1. The fourth-order valence-corrected chi connectivity index (χ4v) is 2.08. The second-order valence-electron chi connectivity index (χ2n) is 4.68. The maximum atomic E-state index is 12.1. The molecule has 1 aliphatic heterocycles. The van der Waals surface area contributed by atoms with E-state index < -0.39 is 18.0 Å². The normalized spacial score (nSPS) is 18.2. The second kappa shape index (κ2) is 6.96. The number of carboxylic acid groups (broad SMARTS) is 1. The molecule has 2 N–H and O–H groups in total. The minimum atomic E-state index is -0.991. The summed E-state index contributed by atoms with van der Waals surface area (Å²) in [5.74, 6) is -1.22. The Hall–Kier alpha value is -1.79. The molecular weight excluding hydrogens is 250 g/mol. The Morgan fingerprint density at radius 1 is 1.42 bits per heavy atom. The summed E-state index contributed by atoms with van der Waals surface area (Å²) in [7, 11) is 1.51. The predicted octanol–water partition coefficient (Wildman–Crippen LogP) is 0.113. The van der Waals surface area contributed by atoms with E-state index in [1.807, 2.05) is 6.92 Å². The van der Waals surface area contributed by atoms with Crippen LogP contribution in [0.5, 0.6) is 0 Å². The molecule has 0 aromatic heterocycles. The van der Waals surface area contributed by atoms with Crippen LogP contribution in [0.4, 0.5) is 4.79 Å². The zero-order valence-corrected chi connectivity index (χ0v) is 11.4. The number of nitrogens with zero attached hydrogens (tertiary/aromatic N) is 2. The van der Waals surface area contributed by atoms with Crippen LogP contribution < -0.4 is 5.32 Å². The Balaban J connectivity index is 2.52. The molecule has 0 aromatic carbocycles. The highest BCUT2D eigenvalue weighted by molar-refractivity contribution is 5.87. The van der Waals surface area contributed by atoms with Crippen molar-refractivity contribution in [2.45, 2.75) is 32.2 Å². The Morgan fingerprint density at radius 2 is 2.11 bits per heavy atom.